The van der Waals surface area contributed by atoms with E-state index in [2.05, 4.69) is 67.4 Å². The van der Waals surface area contributed by atoms with E-state index in [0.29, 0.717) is 6.04 Å². The first-order chi connectivity index (χ1) is 11.7. The van der Waals surface area contributed by atoms with Crippen molar-refractivity contribution in [1.82, 2.24) is 4.90 Å². The third-order valence-electron chi connectivity index (χ3n) is 6.00. The van der Waals surface area contributed by atoms with Gasteiger partial charge in [0.05, 0.1) is 5.41 Å². The molecule has 4 rings (SSSR count). The third kappa shape index (κ3) is 2.63. The topological polar surface area (TPSA) is 12.5 Å². The fourth-order valence-electron chi connectivity index (χ4n) is 4.41. The summed E-state index contributed by atoms with van der Waals surface area (Å²) in [5.41, 5.74) is 1.40. The summed E-state index contributed by atoms with van der Waals surface area (Å²) < 4.78 is 6.40. The van der Waals surface area contributed by atoms with Crippen LogP contribution >= 0.6 is 0 Å². The number of ether oxygens (including phenoxy) is 1. The molecule has 2 aromatic rings. The number of likely N-dealkylation sites (N-methyl/N-ethyl adjacent to an activating group) is 1. The number of likely N-dealkylation sites (tertiary alicyclic amines) is 1. The van der Waals surface area contributed by atoms with Gasteiger partial charge in [-0.15, -0.1) is 0 Å². The molecule has 2 atom stereocenters. The van der Waals surface area contributed by atoms with E-state index in [-0.39, 0.29) is 5.41 Å². The fourth-order valence-corrected chi connectivity index (χ4v) is 4.41. The van der Waals surface area contributed by atoms with E-state index in [1.54, 1.807) is 0 Å². The Morgan fingerprint density at radius 2 is 2.00 bits per heavy atom. The van der Waals surface area contributed by atoms with Crippen LogP contribution in [0.1, 0.15) is 38.2 Å². The molecule has 24 heavy (non-hydrogen) atoms. The van der Waals surface area contributed by atoms with Gasteiger partial charge in [0.1, 0.15) is 12.4 Å². The van der Waals surface area contributed by atoms with Crippen LogP contribution in [-0.4, -0.2) is 31.1 Å². The van der Waals surface area contributed by atoms with Crippen molar-refractivity contribution < 1.29 is 4.74 Å². The van der Waals surface area contributed by atoms with Crippen LogP contribution in [-0.2, 0) is 10.2 Å². The first-order valence-corrected chi connectivity index (χ1v) is 9.20. The van der Waals surface area contributed by atoms with Gasteiger partial charge >= 0.3 is 0 Å². The summed E-state index contributed by atoms with van der Waals surface area (Å²) in [6.07, 6.45) is 7.11. The molecule has 1 saturated heterocycles. The standard InChI is InChI=1S/C22H27NO/c1-22(20-12-5-9-17-8-3-4-11-19(17)20)14-6-13-21(22)24-16-18-10-7-15-23(18)2/h3-5,8-9,11-13,18H,6-7,10,14-16H2,1-2H3/t18-,22+/m0/s1. The lowest BCUT2D eigenvalue weighted by atomic mass is 9.78. The Balaban J connectivity index is 1.62. The van der Waals surface area contributed by atoms with Crippen LogP contribution in [0.15, 0.2) is 54.3 Å². The Morgan fingerprint density at radius 1 is 1.17 bits per heavy atom. The molecule has 0 N–H and O–H groups in total. The molecule has 1 fully saturated rings. The lowest BCUT2D eigenvalue weighted by molar-refractivity contribution is 0.117. The summed E-state index contributed by atoms with van der Waals surface area (Å²) in [5, 5.41) is 2.68. The van der Waals surface area contributed by atoms with E-state index < -0.39 is 0 Å². The smallest absolute Gasteiger partial charge is 0.103 e. The number of hydrogen-bond donors (Lipinski definition) is 0. The first kappa shape index (κ1) is 15.7. The molecule has 1 aliphatic carbocycles. The minimum atomic E-state index is -0.00195. The van der Waals surface area contributed by atoms with E-state index in [1.807, 2.05) is 0 Å². The summed E-state index contributed by atoms with van der Waals surface area (Å²) in [6.45, 7) is 4.38. The number of benzene rings is 2. The summed E-state index contributed by atoms with van der Waals surface area (Å²) in [5.74, 6) is 1.18. The van der Waals surface area contributed by atoms with Crippen molar-refractivity contribution in [3.63, 3.8) is 0 Å². The number of rotatable bonds is 4. The summed E-state index contributed by atoms with van der Waals surface area (Å²) >= 11 is 0. The number of hydrogen-bond acceptors (Lipinski definition) is 2. The van der Waals surface area contributed by atoms with Gasteiger partial charge in [0.15, 0.2) is 0 Å². The van der Waals surface area contributed by atoms with Gasteiger partial charge in [0.2, 0.25) is 0 Å². The van der Waals surface area contributed by atoms with E-state index in [4.69, 9.17) is 4.74 Å². The zero-order valence-electron chi connectivity index (χ0n) is 14.8. The maximum absolute atomic E-state index is 6.40. The highest BCUT2D eigenvalue weighted by Crippen LogP contribution is 2.44. The second-order valence-electron chi connectivity index (χ2n) is 7.55. The van der Waals surface area contributed by atoms with Gasteiger partial charge in [-0.25, -0.2) is 0 Å². The average Bonchev–Trinajstić information content (AvgIpc) is 3.18. The van der Waals surface area contributed by atoms with Crippen LogP contribution in [0.25, 0.3) is 10.8 Å². The quantitative estimate of drug-likeness (QED) is 0.795. The van der Waals surface area contributed by atoms with Crippen LogP contribution in [0.5, 0.6) is 0 Å². The molecule has 0 bridgehead atoms. The van der Waals surface area contributed by atoms with Gasteiger partial charge in [-0.05, 0) is 68.6 Å². The lowest BCUT2D eigenvalue weighted by Crippen LogP contribution is -2.31. The molecule has 2 heteroatoms. The molecule has 1 aliphatic heterocycles. The third-order valence-corrected chi connectivity index (χ3v) is 6.00. The first-order valence-electron chi connectivity index (χ1n) is 9.20. The molecule has 0 aromatic heterocycles. The Kier molecular flexibility index (Phi) is 4.09. The van der Waals surface area contributed by atoms with Crippen molar-refractivity contribution in [2.75, 3.05) is 20.2 Å². The average molecular weight is 321 g/mol. The predicted molar refractivity (Wildman–Crippen MR) is 100 cm³/mol. The number of nitrogens with zero attached hydrogens (tertiary/aromatic N) is 1. The Bertz CT molecular complexity index is 760. The summed E-state index contributed by atoms with van der Waals surface area (Å²) in [7, 11) is 2.22. The van der Waals surface area contributed by atoms with Crippen LogP contribution in [0.2, 0.25) is 0 Å². The van der Waals surface area contributed by atoms with Gasteiger partial charge in [0.25, 0.3) is 0 Å². The van der Waals surface area contributed by atoms with Gasteiger partial charge in [-0.1, -0.05) is 42.5 Å². The van der Waals surface area contributed by atoms with Gasteiger partial charge < -0.3 is 9.64 Å². The monoisotopic (exact) mass is 321 g/mol. The van der Waals surface area contributed by atoms with Gasteiger partial charge in [-0.3, -0.25) is 0 Å². The van der Waals surface area contributed by atoms with E-state index in [1.165, 1.54) is 41.5 Å². The zero-order valence-corrected chi connectivity index (χ0v) is 14.8. The second kappa shape index (κ2) is 6.25. The summed E-state index contributed by atoms with van der Waals surface area (Å²) in [6, 6.07) is 16.0. The highest BCUT2D eigenvalue weighted by molar-refractivity contribution is 5.87. The molecular formula is C22H27NO. The highest BCUT2D eigenvalue weighted by atomic mass is 16.5. The molecule has 0 saturated carbocycles. The molecule has 0 spiro atoms. The molecule has 2 nitrogen and oxygen atoms in total. The van der Waals surface area contributed by atoms with E-state index >= 15 is 0 Å². The second-order valence-corrected chi connectivity index (χ2v) is 7.55. The van der Waals surface area contributed by atoms with Crippen molar-refractivity contribution in [3.05, 3.63) is 59.9 Å². The lowest BCUT2D eigenvalue weighted by Gasteiger charge is -2.31. The van der Waals surface area contributed by atoms with Crippen LogP contribution in [0.4, 0.5) is 0 Å². The summed E-state index contributed by atoms with van der Waals surface area (Å²) in [4.78, 5) is 2.44. The molecule has 126 valence electrons. The number of fused-ring (bicyclic) bond motifs is 1. The van der Waals surface area contributed by atoms with Crippen molar-refractivity contribution in [2.24, 2.45) is 0 Å². The van der Waals surface area contributed by atoms with Crippen molar-refractivity contribution in [2.45, 2.75) is 44.1 Å². The SMILES string of the molecule is CN1CCC[C@H]1COC1=CCC[C@]1(C)c1cccc2ccccc12. The maximum Gasteiger partial charge on any atom is 0.103 e. The number of allylic oxidation sites excluding steroid dienone is 2. The van der Waals surface area contributed by atoms with Crippen LogP contribution < -0.4 is 0 Å². The molecule has 2 aliphatic rings. The molecule has 1 heterocycles. The maximum atomic E-state index is 6.40. The largest absolute Gasteiger partial charge is 0.496 e. The Labute approximate surface area is 145 Å². The normalized spacial score (nSPS) is 27.6. The van der Waals surface area contributed by atoms with Gasteiger partial charge in [0, 0.05) is 6.04 Å². The molecule has 2 aromatic carbocycles. The Hall–Kier alpha value is -1.80. The molecule has 0 amide bonds. The minimum Gasteiger partial charge on any atom is -0.496 e. The zero-order chi connectivity index (χ0) is 16.6. The minimum absolute atomic E-state index is 0.00195. The molecule has 0 unspecified atom stereocenters. The van der Waals surface area contributed by atoms with Crippen molar-refractivity contribution in [3.8, 4) is 0 Å². The fraction of sp³-hybridized carbons (Fsp3) is 0.455. The van der Waals surface area contributed by atoms with Gasteiger partial charge in [-0.2, -0.15) is 0 Å². The molecular weight excluding hydrogens is 294 g/mol. The predicted octanol–water partition coefficient (Wildman–Crippen LogP) is 4.89. The van der Waals surface area contributed by atoms with Crippen molar-refractivity contribution >= 4 is 10.8 Å². The highest BCUT2D eigenvalue weighted by Gasteiger charge is 2.37. The van der Waals surface area contributed by atoms with Crippen molar-refractivity contribution in [1.29, 1.82) is 0 Å². The Morgan fingerprint density at radius 3 is 2.83 bits per heavy atom. The van der Waals surface area contributed by atoms with Crippen LogP contribution in [0.3, 0.4) is 0 Å². The van der Waals surface area contributed by atoms with Crippen LogP contribution in [0, 0.1) is 0 Å². The molecule has 0 radical (unpaired) electrons. The van der Waals surface area contributed by atoms with E-state index in [0.717, 1.165) is 19.4 Å². The van der Waals surface area contributed by atoms with E-state index in [9.17, 15) is 0 Å².